The molecule has 0 aliphatic rings. The maximum atomic E-state index is 14.7. The smallest absolute Gasteiger partial charge is 0.435 e. The lowest BCUT2D eigenvalue weighted by atomic mass is 9.90. The van der Waals surface area contributed by atoms with Crippen LogP contribution in [-0.4, -0.2) is 60.4 Å². The van der Waals surface area contributed by atoms with Crippen molar-refractivity contribution in [2.45, 2.75) is 44.3 Å². The van der Waals surface area contributed by atoms with Gasteiger partial charge in [-0.1, -0.05) is 36.4 Å². The minimum atomic E-state index is -6.32. The van der Waals surface area contributed by atoms with E-state index in [4.69, 9.17) is 15.6 Å². The Morgan fingerprint density at radius 2 is 1.40 bits per heavy atom. The van der Waals surface area contributed by atoms with Gasteiger partial charge in [-0.05, 0) is 55.3 Å². The highest BCUT2D eigenvalue weighted by molar-refractivity contribution is 6.09. The van der Waals surface area contributed by atoms with Crippen molar-refractivity contribution in [3.05, 3.63) is 94.5 Å². The number of carboxylic acid groups (broad SMARTS) is 1. The van der Waals surface area contributed by atoms with Crippen LogP contribution < -0.4 is 16.0 Å². The first-order valence-electron chi connectivity index (χ1n) is 13.6. The van der Waals surface area contributed by atoms with Gasteiger partial charge in [0.15, 0.2) is 0 Å². The van der Waals surface area contributed by atoms with E-state index in [2.05, 4.69) is 5.32 Å². The van der Waals surface area contributed by atoms with Crippen LogP contribution in [0.25, 0.3) is 0 Å². The lowest BCUT2D eigenvalue weighted by molar-refractivity contribution is -0.348. The summed E-state index contributed by atoms with van der Waals surface area (Å²) in [6, 6.07) is 12.4. The number of aryl methyl sites for hydroxylation is 2. The molecule has 0 saturated carbocycles. The van der Waals surface area contributed by atoms with Crippen LogP contribution in [0.1, 0.15) is 43.8 Å². The Balaban J connectivity index is 1.91. The Hall–Kier alpha value is -4.99. The fourth-order valence-electron chi connectivity index (χ4n) is 4.46. The highest BCUT2D eigenvalue weighted by atomic mass is 19.4. The van der Waals surface area contributed by atoms with Gasteiger partial charge in [-0.2, -0.15) is 26.3 Å². The zero-order valence-corrected chi connectivity index (χ0v) is 24.7. The van der Waals surface area contributed by atoms with Gasteiger partial charge >= 0.3 is 30.0 Å². The lowest BCUT2D eigenvalue weighted by Crippen LogP contribution is -2.50. The molecule has 0 radical (unpaired) electrons. The molecule has 0 aliphatic carbocycles. The van der Waals surface area contributed by atoms with Crippen LogP contribution in [0, 0.1) is 13.8 Å². The number of nitrogens with two attached hydrogens (primary N) is 1. The van der Waals surface area contributed by atoms with E-state index in [-0.39, 0.29) is 40.2 Å². The number of carbonyl (C=O) groups is 4. The molecule has 0 fully saturated rings. The predicted molar refractivity (Wildman–Crippen MR) is 155 cm³/mol. The van der Waals surface area contributed by atoms with Gasteiger partial charge in [0.2, 0.25) is 0 Å². The second-order valence-electron chi connectivity index (χ2n) is 10.3. The van der Waals surface area contributed by atoms with Crippen molar-refractivity contribution >= 4 is 35.1 Å². The largest absolute Gasteiger partial charge is 0.480 e. The third-order valence-electron chi connectivity index (χ3n) is 6.92. The molecular formula is C31H28F7N3O6. The quantitative estimate of drug-likeness (QED) is 0.172. The summed E-state index contributed by atoms with van der Waals surface area (Å²) in [5, 5.41) is 11.3. The number of rotatable bonds is 11. The van der Waals surface area contributed by atoms with Crippen molar-refractivity contribution in [1.82, 2.24) is 0 Å². The normalized spacial score (nSPS) is 12.6. The van der Waals surface area contributed by atoms with E-state index in [1.165, 1.54) is 36.4 Å². The minimum Gasteiger partial charge on any atom is -0.480 e. The van der Waals surface area contributed by atoms with E-state index in [1.54, 1.807) is 18.2 Å². The van der Waals surface area contributed by atoms with Gasteiger partial charge in [0.05, 0.1) is 6.42 Å². The zero-order chi connectivity index (χ0) is 35.3. The van der Waals surface area contributed by atoms with Crippen molar-refractivity contribution in [2.75, 3.05) is 23.4 Å². The molecule has 0 saturated heterocycles. The molecule has 9 nitrogen and oxygen atoms in total. The summed E-state index contributed by atoms with van der Waals surface area (Å²) in [5.41, 5.74) is -2.56. The van der Waals surface area contributed by atoms with Crippen LogP contribution in [-0.2, 0) is 20.0 Å². The summed E-state index contributed by atoms with van der Waals surface area (Å²) >= 11 is 0. The molecule has 252 valence electrons. The molecule has 0 aliphatic heterocycles. The van der Waals surface area contributed by atoms with Crippen LogP contribution in [0.3, 0.4) is 0 Å². The van der Waals surface area contributed by atoms with Crippen LogP contribution in [0.15, 0.2) is 66.7 Å². The third-order valence-corrected chi connectivity index (χ3v) is 6.92. The third kappa shape index (κ3) is 8.24. The fraction of sp³-hybridized carbons (Fsp3) is 0.290. The van der Waals surface area contributed by atoms with Crippen molar-refractivity contribution in [3.63, 3.8) is 0 Å². The van der Waals surface area contributed by atoms with Gasteiger partial charge < -0.3 is 25.8 Å². The zero-order valence-electron chi connectivity index (χ0n) is 24.7. The molecule has 16 heteroatoms. The first-order chi connectivity index (χ1) is 21.8. The number of halogens is 7. The number of amides is 2. The van der Waals surface area contributed by atoms with Crippen LogP contribution in [0.5, 0.6) is 0 Å². The van der Waals surface area contributed by atoms with Gasteiger partial charge in [-0.25, -0.2) is 4.39 Å². The Bertz CT molecular complexity index is 1610. The van der Waals surface area contributed by atoms with E-state index in [9.17, 15) is 49.9 Å². The maximum absolute atomic E-state index is 14.7. The highest BCUT2D eigenvalue weighted by Crippen LogP contribution is 2.53. The number of aliphatic carboxylic acids is 1. The van der Waals surface area contributed by atoms with Crippen molar-refractivity contribution in [3.8, 4) is 0 Å². The number of nitrogens with zero attached hydrogens (tertiary/aromatic N) is 1. The minimum absolute atomic E-state index is 0.100. The standard InChI is InChI=1S/C31H28F7N3O6/c1-17-13-21(29(32,30(33,34)35)31(36,37)38)14-18(2)25(17)40-26(43)20-9-6-10-22(15-20)41(27(44)19-7-4-3-5-8-19)12-11-24(42)47-16-23(39)28(45)46/h3-10,13-15,23H,11-12,16,39H2,1-2H3,(H,40,43)(H,45,46). The number of hydrogen-bond acceptors (Lipinski definition) is 6. The van der Waals surface area contributed by atoms with E-state index in [0.29, 0.717) is 12.1 Å². The number of anilines is 2. The summed E-state index contributed by atoms with van der Waals surface area (Å²) in [5.74, 6) is -3.74. The summed E-state index contributed by atoms with van der Waals surface area (Å²) < 4.78 is 99.3. The first-order valence-corrected chi connectivity index (χ1v) is 13.6. The Morgan fingerprint density at radius 1 is 0.851 bits per heavy atom. The number of alkyl halides is 7. The molecule has 4 N–H and O–H groups in total. The van der Waals surface area contributed by atoms with Gasteiger partial charge in [-0.15, -0.1) is 0 Å². The average Bonchev–Trinajstić information content (AvgIpc) is 3.00. The molecule has 1 atom stereocenters. The number of esters is 1. The molecule has 1 unspecified atom stereocenters. The molecule has 0 spiro atoms. The average molecular weight is 672 g/mol. The molecule has 3 aromatic rings. The number of carbonyl (C=O) groups excluding carboxylic acids is 3. The second kappa shape index (κ2) is 14.2. The number of hydrogen-bond donors (Lipinski definition) is 3. The first kappa shape index (κ1) is 36.5. The van der Waals surface area contributed by atoms with E-state index in [0.717, 1.165) is 18.7 Å². The highest BCUT2D eigenvalue weighted by Gasteiger charge is 2.73. The molecule has 0 heterocycles. The molecule has 47 heavy (non-hydrogen) atoms. The molecule has 2 amide bonds. The number of nitrogens with one attached hydrogen (secondary N) is 1. The Morgan fingerprint density at radius 3 is 1.94 bits per heavy atom. The molecule has 0 bridgehead atoms. The Kier molecular flexibility index (Phi) is 11.0. The number of benzene rings is 3. The van der Waals surface area contributed by atoms with Crippen molar-refractivity contribution in [2.24, 2.45) is 5.73 Å². The van der Waals surface area contributed by atoms with Gasteiger partial charge in [0.1, 0.15) is 12.6 Å². The lowest BCUT2D eigenvalue weighted by Gasteiger charge is -2.31. The van der Waals surface area contributed by atoms with Crippen molar-refractivity contribution < 1.29 is 59.8 Å². The van der Waals surface area contributed by atoms with Crippen LogP contribution in [0.2, 0.25) is 0 Å². The molecule has 3 rings (SSSR count). The molecule has 0 aromatic heterocycles. The van der Waals surface area contributed by atoms with Gasteiger partial charge in [0, 0.05) is 34.6 Å². The van der Waals surface area contributed by atoms with Crippen LogP contribution in [0.4, 0.5) is 42.1 Å². The fourth-order valence-corrected chi connectivity index (χ4v) is 4.46. The van der Waals surface area contributed by atoms with Gasteiger partial charge in [-0.3, -0.25) is 19.2 Å². The maximum Gasteiger partial charge on any atom is 0.435 e. The van der Waals surface area contributed by atoms with Crippen molar-refractivity contribution in [1.29, 1.82) is 0 Å². The molecule has 3 aromatic carbocycles. The topological polar surface area (TPSA) is 139 Å². The summed E-state index contributed by atoms with van der Waals surface area (Å²) in [6.45, 7) is 1.29. The van der Waals surface area contributed by atoms with E-state index in [1.807, 2.05) is 0 Å². The SMILES string of the molecule is Cc1cc(C(F)(C(F)(F)F)C(F)(F)F)cc(C)c1NC(=O)c1cccc(N(CCC(=O)OCC(N)C(=O)O)C(=O)c2ccccc2)c1. The summed E-state index contributed by atoms with van der Waals surface area (Å²) in [7, 11) is 0. The van der Waals surface area contributed by atoms with E-state index < -0.39 is 66.4 Å². The monoisotopic (exact) mass is 671 g/mol. The second-order valence-corrected chi connectivity index (χ2v) is 10.3. The number of carboxylic acids is 1. The number of ether oxygens (including phenoxy) is 1. The van der Waals surface area contributed by atoms with Gasteiger partial charge in [0.25, 0.3) is 11.8 Å². The molecular weight excluding hydrogens is 643 g/mol. The predicted octanol–water partition coefficient (Wildman–Crippen LogP) is 5.84. The Labute approximate surface area is 263 Å². The summed E-state index contributed by atoms with van der Waals surface area (Å²) in [4.78, 5) is 50.9. The summed E-state index contributed by atoms with van der Waals surface area (Å²) in [6.07, 6.45) is -13.0. The van der Waals surface area contributed by atoms with Crippen LogP contribution >= 0.6 is 0 Å². The van der Waals surface area contributed by atoms with E-state index >= 15 is 0 Å².